The molecule has 1 saturated heterocycles. The van der Waals surface area contributed by atoms with Gasteiger partial charge in [0.05, 0.1) is 39.4 Å². The fraction of sp³-hybridized carbons (Fsp3) is 0.440. The highest BCUT2D eigenvalue weighted by Gasteiger charge is 2.53. The number of cyclic esters (lactones) is 1. The van der Waals surface area contributed by atoms with E-state index in [1.54, 1.807) is 12.1 Å². The number of phenols is 1. The standard InChI is InChI=1S/C25H27NO10/c1-30-4-5-33-25(29)26-22-14-9-17-16(35-11-36-17)8-13(14)20(21-15(22)10-34-24(21)28)12-6-18(31-2)23(27)19(7-12)32-3/h6-9,15,20-22,27H,4-5,10-11H2,1-3H3,(H,26,29)/t15-,20+,21-,22+/m0/s1. The Kier molecular flexibility index (Phi) is 6.40. The van der Waals surface area contributed by atoms with E-state index in [1.165, 1.54) is 21.3 Å². The van der Waals surface area contributed by atoms with Gasteiger partial charge in [0.2, 0.25) is 12.5 Å². The van der Waals surface area contributed by atoms with Gasteiger partial charge in [0.1, 0.15) is 6.61 Å². The van der Waals surface area contributed by atoms with Crippen LogP contribution in [0.4, 0.5) is 4.79 Å². The molecule has 0 bridgehead atoms. The van der Waals surface area contributed by atoms with Crippen molar-refractivity contribution in [3.8, 4) is 28.7 Å². The van der Waals surface area contributed by atoms with E-state index in [4.69, 9.17) is 33.2 Å². The lowest BCUT2D eigenvalue weighted by atomic mass is 9.65. The van der Waals surface area contributed by atoms with E-state index < -0.39 is 29.9 Å². The van der Waals surface area contributed by atoms with Crippen LogP contribution >= 0.6 is 0 Å². The minimum absolute atomic E-state index is 0.0653. The highest BCUT2D eigenvalue weighted by molar-refractivity contribution is 5.79. The number of phenolic OH excluding ortho intramolecular Hbond substituents is 1. The van der Waals surface area contributed by atoms with Gasteiger partial charge in [0.15, 0.2) is 23.0 Å². The maximum absolute atomic E-state index is 13.1. The SMILES string of the molecule is COCCOC(=O)N[C@@H]1c2cc3c(cc2[C@@H](c2cc(OC)c(O)c(OC)c2)[C@H]2C(=O)OC[C@@H]21)OCO3. The number of ether oxygens (including phenoxy) is 7. The van der Waals surface area contributed by atoms with Crippen molar-refractivity contribution >= 4 is 12.1 Å². The number of hydrogen-bond donors (Lipinski definition) is 2. The first-order valence-electron chi connectivity index (χ1n) is 11.4. The predicted molar refractivity (Wildman–Crippen MR) is 123 cm³/mol. The molecule has 0 saturated carbocycles. The minimum Gasteiger partial charge on any atom is -0.502 e. The summed E-state index contributed by atoms with van der Waals surface area (Å²) in [5.74, 6) is -0.585. The van der Waals surface area contributed by atoms with Crippen LogP contribution in [0.25, 0.3) is 0 Å². The van der Waals surface area contributed by atoms with E-state index in [2.05, 4.69) is 5.32 Å². The molecule has 0 radical (unpaired) electrons. The Balaban J connectivity index is 1.64. The average molecular weight is 501 g/mol. The molecule has 1 aliphatic carbocycles. The van der Waals surface area contributed by atoms with Gasteiger partial charge in [-0.15, -0.1) is 0 Å². The molecule has 36 heavy (non-hydrogen) atoms. The number of alkyl carbamates (subject to hydrolysis) is 1. The summed E-state index contributed by atoms with van der Waals surface area (Å²) in [7, 11) is 4.39. The number of amides is 1. The van der Waals surface area contributed by atoms with Gasteiger partial charge in [0, 0.05) is 18.9 Å². The first-order chi connectivity index (χ1) is 17.5. The van der Waals surface area contributed by atoms with Gasteiger partial charge in [-0.25, -0.2) is 4.79 Å². The molecule has 1 fully saturated rings. The number of aromatic hydroxyl groups is 1. The predicted octanol–water partition coefficient (Wildman–Crippen LogP) is 2.49. The van der Waals surface area contributed by atoms with Crippen LogP contribution in [-0.4, -0.2) is 65.1 Å². The molecular weight excluding hydrogens is 474 g/mol. The van der Waals surface area contributed by atoms with Crippen LogP contribution in [0.1, 0.15) is 28.7 Å². The second kappa shape index (κ2) is 9.65. The van der Waals surface area contributed by atoms with Crippen molar-refractivity contribution in [2.45, 2.75) is 12.0 Å². The first kappa shape index (κ1) is 23.9. The Morgan fingerprint density at radius 2 is 1.67 bits per heavy atom. The number of esters is 1. The molecular formula is C25H27NO10. The van der Waals surface area contributed by atoms with E-state index in [9.17, 15) is 14.7 Å². The molecule has 2 aromatic rings. The van der Waals surface area contributed by atoms with Crippen molar-refractivity contribution in [1.82, 2.24) is 5.32 Å². The lowest BCUT2D eigenvalue weighted by Gasteiger charge is -2.39. The molecule has 3 aliphatic rings. The summed E-state index contributed by atoms with van der Waals surface area (Å²) in [6, 6.07) is 6.40. The molecule has 2 aromatic carbocycles. The average Bonchev–Trinajstić information content (AvgIpc) is 3.49. The molecule has 2 N–H and O–H groups in total. The maximum Gasteiger partial charge on any atom is 0.407 e. The van der Waals surface area contributed by atoms with Gasteiger partial charge in [-0.3, -0.25) is 4.79 Å². The number of fused-ring (bicyclic) bond motifs is 3. The van der Waals surface area contributed by atoms with Gasteiger partial charge >= 0.3 is 12.1 Å². The summed E-state index contributed by atoms with van der Waals surface area (Å²) in [5.41, 5.74) is 2.17. The van der Waals surface area contributed by atoms with Gasteiger partial charge in [0.25, 0.3) is 0 Å². The van der Waals surface area contributed by atoms with Crippen LogP contribution in [0, 0.1) is 11.8 Å². The highest BCUT2D eigenvalue weighted by Crippen LogP contribution is 2.55. The first-order valence-corrected chi connectivity index (χ1v) is 11.4. The van der Waals surface area contributed by atoms with Gasteiger partial charge in [-0.2, -0.15) is 0 Å². The third-order valence-corrected chi connectivity index (χ3v) is 6.84. The third-order valence-electron chi connectivity index (χ3n) is 6.84. The van der Waals surface area contributed by atoms with Gasteiger partial charge in [-0.05, 0) is 41.0 Å². The Morgan fingerprint density at radius 3 is 2.31 bits per heavy atom. The van der Waals surface area contributed by atoms with Gasteiger partial charge < -0.3 is 43.6 Å². The van der Waals surface area contributed by atoms with Crippen molar-refractivity contribution in [2.24, 2.45) is 11.8 Å². The summed E-state index contributed by atoms with van der Waals surface area (Å²) in [5, 5.41) is 13.4. The summed E-state index contributed by atoms with van der Waals surface area (Å²) in [4.78, 5) is 25.7. The molecule has 1 amide bonds. The van der Waals surface area contributed by atoms with E-state index in [1.807, 2.05) is 12.1 Å². The number of benzene rings is 2. The minimum atomic E-state index is -0.638. The quantitative estimate of drug-likeness (QED) is 0.431. The molecule has 11 nitrogen and oxygen atoms in total. The van der Waals surface area contributed by atoms with Crippen LogP contribution in [0.5, 0.6) is 28.7 Å². The Bertz CT molecular complexity index is 1160. The van der Waals surface area contributed by atoms with Crippen LogP contribution in [0.3, 0.4) is 0 Å². The van der Waals surface area contributed by atoms with Crippen molar-refractivity contribution in [1.29, 1.82) is 0 Å². The molecule has 2 heterocycles. The van der Waals surface area contributed by atoms with E-state index in [-0.39, 0.29) is 49.8 Å². The Hall–Kier alpha value is -3.86. The van der Waals surface area contributed by atoms with Crippen LogP contribution in [0.15, 0.2) is 24.3 Å². The fourth-order valence-corrected chi connectivity index (χ4v) is 5.23. The molecule has 11 heteroatoms. The normalized spacial score (nSPS) is 23.4. The summed E-state index contributed by atoms with van der Waals surface area (Å²) in [6.45, 7) is 0.523. The van der Waals surface area contributed by atoms with Crippen molar-refractivity contribution in [3.05, 3.63) is 41.0 Å². The second-order valence-electron chi connectivity index (χ2n) is 8.66. The molecule has 2 aliphatic heterocycles. The second-order valence-corrected chi connectivity index (χ2v) is 8.66. The number of methoxy groups -OCH3 is 3. The molecule has 5 rings (SSSR count). The maximum atomic E-state index is 13.1. The molecule has 192 valence electrons. The molecule has 0 aromatic heterocycles. The smallest absolute Gasteiger partial charge is 0.407 e. The zero-order valence-corrected chi connectivity index (χ0v) is 20.1. The Labute approximate surface area is 207 Å². The topological polar surface area (TPSA) is 131 Å². The number of hydrogen-bond acceptors (Lipinski definition) is 10. The Morgan fingerprint density at radius 1 is 1.00 bits per heavy atom. The highest BCUT2D eigenvalue weighted by atomic mass is 16.7. The zero-order chi connectivity index (χ0) is 25.4. The molecule has 0 spiro atoms. The van der Waals surface area contributed by atoms with Crippen LogP contribution < -0.4 is 24.3 Å². The van der Waals surface area contributed by atoms with Crippen molar-refractivity contribution < 1.29 is 47.9 Å². The lowest BCUT2D eigenvalue weighted by molar-refractivity contribution is -0.141. The van der Waals surface area contributed by atoms with Crippen LogP contribution in [-0.2, 0) is 19.0 Å². The molecule has 4 atom stereocenters. The fourth-order valence-electron chi connectivity index (χ4n) is 5.23. The monoisotopic (exact) mass is 501 g/mol. The van der Waals surface area contributed by atoms with Crippen LogP contribution in [0.2, 0.25) is 0 Å². The summed E-state index contributed by atoms with van der Waals surface area (Å²) in [6.07, 6.45) is -0.634. The van der Waals surface area contributed by atoms with Crippen molar-refractivity contribution in [3.63, 3.8) is 0 Å². The van der Waals surface area contributed by atoms with Crippen molar-refractivity contribution in [2.75, 3.05) is 47.9 Å². The number of carbonyl (C=O) groups excluding carboxylic acids is 2. The van der Waals surface area contributed by atoms with E-state index in [0.717, 1.165) is 11.1 Å². The van der Waals surface area contributed by atoms with E-state index >= 15 is 0 Å². The summed E-state index contributed by atoms with van der Waals surface area (Å²) < 4.78 is 37.6. The summed E-state index contributed by atoms with van der Waals surface area (Å²) >= 11 is 0. The number of carbonyl (C=O) groups is 2. The third kappa shape index (κ3) is 3.98. The largest absolute Gasteiger partial charge is 0.502 e. The van der Waals surface area contributed by atoms with E-state index in [0.29, 0.717) is 17.1 Å². The van der Waals surface area contributed by atoms with Gasteiger partial charge in [-0.1, -0.05) is 0 Å². The zero-order valence-electron chi connectivity index (χ0n) is 20.1. The lowest BCUT2D eigenvalue weighted by Crippen LogP contribution is -2.43. The number of nitrogens with one attached hydrogen (secondary N) is 1. The number of rotatable bonds is 7. The molecule has 0 unspecified atom stereocenters.